The van der Waals surface area contributed by atoms with Crippen molar-refractivity contribution in [3.05, 3.63) is 29.8 Å². The molecule has 0 bridgehead atoms. The zero-order valence-corrected chi connectivity index (χ0v) is 8.01. The lowest BCUT2D eigenvalue weighted by molar-refractivity contribution is -0.274. The van der Waals surface area contributed by atoms with E-state index in [2.05, 4.69) is 10.2 Å². The summed E-state index contributed by atoms with van der Waals surface area (Å²) in [5.41, 5.74) is 3.06. The number of nitrogens with one attached hydrogen (secondary N) is 1. The van der Waals surface area contributed by atoms with Gasteiger partial charge in [0.2, 0.25) is 0 Å². The topological polar surface area (TPSA) is 47.3 Å². The minimum absolute atomic E-state index is 0.234. The summed E-state index contributed by atoms with van der Waals surface area (Å²) < 4.78 is 39.4. The Hall–Kier alpha value is -1.27. The van der Waals surface area contributed by atoms with Crippen LogP contribution in [0.15, 0.2) is 24.3 Å². The smallest absolute Gasteiger partial charge is 0.406 e. The molecule has 1 aromatic carbocycles. The van der Waals surface area contributed by atoms with Gasteiger partial charge in [0.1, 0.15) is 5.75 Å². The van der Waals surface area contributed by atoms with E-state index in [1.165, 1.54) is 18.2 Å². The number of halogens is 3. The number of hydrogen-bond acceptors (Lipinski definition) is 3. The minimum Gasteiger partial charge on any atom is -0.406 e. The molecule has 1 rings (SSSR count). The number of alkyl halides is 3. The summed E-state index contributed by atoms with van der Waals surface area (Å²) in [6, 6.07) is 5.43. The van der Waals surface area contributed by atoms with Crippen molar-refractivity contribution in [1.29, 1.82) is 0 Å². The first-order valence-electron chi connectivity index (χ1n) is 4.24. The lowest BCUT2D eigenvalue weighted by atomic mass is 10.1. The van der Waals surface area contributed by atoms with Crippen LogP contribution >= 0.6 is 0 Å². The SMILES string of the molecule is C[C@@H](NN)c1cccc(OC(F)(F)F)c1. The molecule has 0 aliphatic rings. The van der Waals surface area contributed by atoms with E-state index in [1.807, 2.05) is 0 Å². The van der Waals surface area contributed by atoms with Gasteiger partial charge in [0, 0.05) is 6.04 Å². The molecule has 15 heavy (non-hydrogen) atoms. The molecule has 6 heteroatoms. The van der Waals surface area contributed by atoms with E-state index in [1.54, 1.807) is 13.0 Å². The van der Waals surface area contributed by atoms with Gasteiger partial charge in [-0.1, -0.05) is 12.1 Å². The van der Waals surface area contributed by atoms with E-state index >= 15 is 0 Å². The van der Waals surface area contributed by atoms with Crippen LogP contribution in [-0.2, 0) is 0 Å². The van der Waals surface area contributed by atoms with Gasteiger partial charge in [0.05, 0.1) is 0 Å². The first kappa shape index (κ1) is 11.8. The van der Waals surface area contributed by atoms with Crippen LogP contribution in [0, 0.1) is 0 Å². The quantitative estimate of drug-likeness (QED) is 0.605. The average molecular weight is 220 g/mol. The highest BCUT2D eigenvalue weighted by atomic mass is 19.4. The van der Waals surface area contributed by atoms with E-state index in [0.29, 0.717) is 5.56 Å². The molecular weight excluding hydrogens is 209 g/mol. The molecule has 0 spiro atoms. The predicted octanol–water partition coefficient (Wildman–Crippen LogP) is 2.11. The highest BCUT2D eigenvalue weighted by Crippen LogP contribution is 2.25. The number of ether oxygens (including phenoxy) is 1. The summed E-state index contributed by atoms with van der Waals surface area (Å²) >= 11 is 0. The maximum atomic E-state index is 11.9. The minimum atomic E-state index is -4.67. The maximum absolute atomic E-state index is 11.9. The van der Waals surface area contributed by atoms with Crippen molar-refractivity contribution in [3.8, 4) is 5.75 Å². The Morgan fingerprint density at radius 2 is 2.07 bits per heavy atom. The second-order valence-corrected chi connectivity index (χ2v) is 3.01. The van der Waals surface area contributed by atoms with E-state index in [9.17, 15) is 13.2 Å². The molecule has 0 saturated heterocycles. The summed E-state index contributed by atoms with van der Waals surface area (Å²) in [6.45, 7) is 1.73. The van der Waals surface area contributed by atoms with Gasteiger partial charge in [0.15, 0.2) is 0 Å². The van der Waals surface area contributed by atoms with E-state index in [0.717, 1.165) is 0 Å². The Bertz CT molecular complexity index is 327. The third kappa shape index (κ3) is 3.77. The van der Waals surface area contributed by atoms with Crippen LogP contribution in [0.2, 0.25) is 0 Å². The van der Waals surface area contributed by atoms with Gasteiger partial charge in [0.25, 0.3) is 0 Å². The van der Waals surface area contributed by atoms with E-state index in [-0.39, 0.29) is 11.8 Å². The normalized spacial score (nSPS) is 13.7. The molecule has 0 radical (unpaired) electrons. The van der Waals surface area contributed by atoms with Crippen molar-refractivity contribution in [1.82, 2.24) is 5.43 Å². The first-order valence-corrected chi connectivity index (χ1v) is 4.24. The third-order valence-electron chi connectivity index (χ3n) is 1.84. The molecule has 0 heterocycles. The van der Waals surface area contributed by atoms with E-state index < -0.39 is 6.36 Å². The van der Waals surface area contributed by atoms with Gasteiger partial charge in [-0.25, -0.2) is 0 Å². The molecule has 0 amide bonds. The second kappa shape index (κ2) is 4.50. The highest BCUT2D eigenvalue weighted by molar-refractivity contribution is 5.30. The third-order valence-corrected chi connectivity index (χ3v) is 1.84. The number of hydrogen-bond donors (Lipinski definition) is 2. The van der Waals surface area contributed by atoms with Crippen LogP contribution in [0.3, 0.4) is 0 Å². The van der Waals surface area contributed by atoms with Crippen molar-refractivity contribution in [3.63, 3.8) is 0 Å². The summed E-state index contributed by atoms with van der Waals surface area (Å²) in [5, 5.41) is 0. The monoisotopic (exact) mass is 220 g/mol. The van der Waals surface area contributed by atoms with Gasteiger partial charge in [-0.05, 0) is 24.6 Å². The van der Waals surface area contributed by atoms with Crippen LogP contribution < -0.4 is 16.0 Å². The molecule has 0 unspecified atom stereocenters. The largest absolute Gasteiger partial charge is 0.573 e. The molecule has 0 fully saturated rings. The van der Waals surface area contributed by atoms with Crippen LogP contribution in [0.25, 0.3) is 0 Å². The van der Waals surface area contributed by atoms with Gasteiger partial charge < -0.3 is 4.74 Å². The zero-order valence-electron chi connectivity index (χ0n) is 8.01. The first-order chi connectivity index (χ1) is 6.92. The zero-order chi connectivity index (χ0) is 11.5. The predicted molar refractivity (Wildman–Crippen MR) is 48.9 cm³/mol. The van der Waals surface area contributed by atoms with Crippen molar-refractivity contribution < 1.29 is 17.9 Å². The number of hydrazine groups is 1. The Morgan fingerprint density at radius 3 is 2.60 bits per heavy atom. The fourth-order valence-corrected chi connectivity index (χ4v) is 1.08. The van der Waals surface area contributed by atoms with Crippen molar-refractivity contribution in [2.24, 2.45) is 5.84 Å². The summed E-state index contributed by atoms with van der Waals surface area (Å²) in [6.07, 6.45) is -4.67. The fraction of sp³-hybridized carbons (Fsp3) is 0.333. The molecule has 0 aromatic heterocycles. The molecule has 3 N–H and O–H groups in total. The number of nitrogens with two attached hydrogens (primary N) is 1. The molecule has 0 aliphatic heterocycles. The molecule has 84 valence electrons. The Kier molecular flexibility index (Phi) is 3.54. The molecule has 1 atom stereocenters. The van der Waals surface area contributed by atoms with Crippen LogP contribution in [0.4, 0.5) is 13.2 Å². The second-order valence-electron chi connectivity index (χ2n) is 3.01. The Balaban J connectivity index is 2.83. The molecule has 0 saturated carbocycles. The summed E-state index contributed by atoms with van der Waals surface area (Å²) in [5.74, 6) is 4.92. The van der Waals surface area contributed by atoms with Crippen molar-refractivity contribution >= 4 is 0 Å². The number of benzene rings is 1. The van der Waals surface area contributed by atoms with Gasteiger partial charge in [-0.15, -0.1) is 13.2 Å². The average Bonchev–Trinajstić information content (AvgIpc) is 2.14. The van der Waals surface area contributed by atoms with Crippen LogP contribution in [-0.4, -0.2) is 6.36 Å². The fourth-order valence-electron chi connectivity index (χ4n) is 1.08. The van der Waals surface area contributed by atoms with Crippen LogP contribution in [0.5, 0.6) is 5.75 Å². The van der Waals surface area contributed by atoms with Crippen molar-refractivity contribution in [2.45, 2.75) is 19.3 Å². The van der Waals surface area contributed by atoms with Gasteiger partial charge in [-0.3, -0.25) is 11.3 Å². The molecule has 3 nitrogen and oxygen atoms in total. The van der Waals surface area contributed by atoms with E-state index in [4.69, 9.17) is 5.84 Å². The highest BCUT2D eigenvalue weighted by Gasteiger charge is 2.31. The maximum Gasteiger partial charge on any atom is 0.573 e. The molecule has 1 aromatic rings. The lowest BCUT2D eigenvalue weighted by Crippen LogP contribution is -2.25. The van der Waals surface area contributed by atoms with Gasteiger partial charge in [-0.2, -0.15) is 0 Å². The molecular formula is C9H11F3N2O. The Morgan fingerprint density at radius 1 is 1.40 bits per heavy atom. The van der Waals surface area contributed by atoms with Crippen molar-refractivity contribution in [2.75, 3.05) is 0 Å². The Labute approximate surface area is 85.0 Å². The summed E-state index contributed by atoms with van der Waals surface area (Å²) in [7, 11) is 0. The molecule has 0 aliphatic carbocycles. The summed E-state index contributed by atoms with van der Waals surface area (Å²) in [4.78, 5) is 0. The van der Waals surface area contributed by atoms with Gasteiger partial charge >= 0.3 is 6.36 Å². The number of rotatable bonds is 3. The van der Waals surface area contributed by atoms with Crippen LogP contribution in [0.1, 0.15) is 18.5 Å². The standard InChI is InChI=1S/C9H11F3N2O/c1-6(14-13)7-3-2-4-8(5-7)15-9(10,11)12/h2-6,14H,13H2,1H3/t6-/m1/s1. The lowest BCUT2D eigenvalue weighted by Gasteiger charge is -2.13.